The van der Waals surface area contributed by atoms with Gasteiger partial charge >= 0.3 is 18.3 Å². The molecule has 2 N–H and O–H groups in total. The maximum Gasteiger partial charge on any atom is 0.383 e. The Morgan fingerprint density at radius 1 is 1.30 bits per heavy atom. The number of H-pyrrole nitrogens is 1. The van der Waals surface area contributed by atoms with Gasteiger partial charge in [0.1, 0.15) is 0 Å². The lowest BCUT2D eigenvalue weighted by Crippen LogP contribution is -2.40. The minimum atomic E-state index is -4.73. The fraction of sp³-hybridized carbons (Fsp3) is 0.167. The maximum absolute atomic E-state index is 12.8. The average Bonchev–Trinajstić information content (AvgIpc) is 2.92. The number of carbonyl (C=O) groups is 1. The quantitative estimate of drug-likeness (QED) is 0.849. The molecule has 0 aliphatic carbocycles. The molecule has 0 aliphatic heterocycles. The number of anilines is 1. The van der Waals surface area contributed by atoms with Gasteiger partial charge in [-0.2, -0.15) is 13.9 Å². The number of carbonyl (C=O) groups excluding carboxylic acids is 1. The fourth-order valence-corrected chi connectivity index (χ4v) is 1.49. The van der Waals surface area contributed by atoms with Gasteiger partial charge in [0.2, 0.25) is 0 Å². The molecule has 2 rings (SSSR count). The Morgan fingerprint density at radius 3 is 2.65 bits per heavy atom. The van der Waals surface area contributed by atoms with E-state index in [4.69, 9.17) is 0 Å². The molecular formula is C12H9F4N3O. The van der Waals surface area contributed by atoms with E-state index in [-0.39, 0.29) is 5.69 Å². The number of hydrogen-bond donors (Lipinski definition) is 2. The molecule has 4 nitrogen and oxygen atoms in total. The number of halogens is 4. The lowest BCUT2D eigenvalue weighted by atomic mass is 10.1. The number of aromatic amines is 1. The highest BCUT2D eigenvalue weighted by molar-refractivity contribution is 5.96. The Bertz CT molecular complexity index is 599. The predicted molar refractivity (Wildman–Crippen MR) is 63.6 cm³/mol. The van der Waals surface area contributed by atoms with Gasteiger partial charge in [-0.3, -0.25) is 9.89 Å². The van der Waals surface area contributed by atoms with Gasteiger partial charge in [-0.25, -0.2) is 8.78 Å². The van der Waals surface area contributed by atoms with Gasteiger partial charge in [-0.05, 0) is 18.2 Å². The first-order valence-corrected chi connectivity index (χ1v) is 5.48. The minimum absolute atomic E-state index is 0.0116. The van der Waals surface area contributed by atoms with Crippen LogP contribution < -0.4 is 5.32 Å². The molecule has 0 aliphatic rings. The molecule has 1 heterocycles. The van der Waals surface area contributed by atoms with Crippen LogP contribution in [0, 0.1) is 0 Å². The summed E-state index contributed by atoms with van der Waals surface area (Å²) >= 11 is 0. The van der Waals surface area contributed by atoms with Gasteiger partial charge in [0, 0.05) is 17.4 Å². The van der Waals surface area contributed by atoms with Gasteiger partial charge in [0.25, 0.3) is 0 Å². The number of benzene rings is 1. The average molecular weight is 287 g/mol. The van der Waals surface area contributed by atoms with Crippen LogP contribution in [0.3, 0.4) is 0 Å². The molecule has 106 valence electrons. The second-order valence-electron chi connectivity index (χ2n) is 3.93. The van der Waals surface area contributed by atoms with Crippen molar-refractivity contribution in [1.29, 1.82) is 0 Å². The van der Waals surface area contributed by atoms with Gasteiger partial charge in [0.15, 0.2) is 0 Å². The first-order chi connectivity index (χ1) is 9.41. The molecule has 20 heavy (non-hydrogen) atoms. The highest BCUT2D eigenvalue weighted by Gasteiger charge is 2.48. The summed E-state index contributed by atoms with van der Waals surface area (Å²) in [4.78, 5) is 11.1. The molecule has 1 amide bonds. The molecule has 1 aromatic heterocycles. The third-order valence-corrected chi connectivity index (χ3v) is 2.51. The van der Waals surface area contributed by atoms with Crippen molar-refractivity contribution in [3.8, 4) is 11.3 Å². The van der Waals surface area contributed by atoms with E-state index in [0.717, 1.165) is 0 Å². The predicted octanol–water partition coefficient (Wildman–Crippen LogP) is 2.92. The lowest BCUT2D eigenvalue weighted by Gasteiger charge is -2.15. The number of rotatable bonds is 4. The monoisotopic (exact) mass is 287 g/mol. The molecule has 0 radical (unpaired) electrons. The highest BCUT2D eigenvalue weighted by atomic mass is 19.3. The van der Waals surface area contributed by atoms with Crippen LogP contribution in [-0.2, 0) is 4.79 Å². The van der Waals surface area contributed by atoms with E-state index in [0.29, 0.717) is 11.3 Å². The van der Waals surface area contributed by atoms with Crippen LogP contribution >= 0.6 is 0 Å². The largest absolute Gasteiger partial charge is 0.383 e. The number of hydrogen-bond acceptors (Lipinski definition) is 2. The number of amides is 1. The maximum atomic E-state index is 12.8. The Balaban J connectivity index is 2.19. The second kappa shape index (κ2) is 5.32. The summed E-state index contributed by atoms with van der Waals surface area (Å²) in [5.74, 6) is -6.78. The van der Waals surface area contributed by atoms with Crippen molar-refractivity contribution in [3.63, 3.8) is 0 Å². The van der Waals surface area contributed by atoms with Crippen LogP contribution in [0.5, 0.6) is 0 Å². The molecule has 0 fully saturated rings. The van der Waals surface area contributed by atoms with Crippen LogP contribution in [0.25, 0.3) is 11.3 Å². The first kappa shape index (κ1) is 14.0. The molecular weight excluding hydrogens is 278 g/mol. The Morgan fingerprint density at radius 2 is 2.05 bits per heavy atom. The zero-order chi connectivity index (χ0) is 14.8. The number of aromatic nitrogens is 2. The summed E-state index contributed by atoms with van der Waals surface area (Å²) in [7, 11) is 0. The Kier molecular flexibility index (Phi) is 3.73. The van der Waals surface area contributed by atoms with E-state index in [1.807, 2.05) is 0 Å². The summed E-state index contributed by atoms with van der Waals surface area (Å²) in [6.45, 7) is 0. The number of nitrogens with one attached hydrogen (secondary N) is 2. The highest BCUT2D eigenvalue weighted by Crippen LogP contribution is 2.26. The van der Waals surface area contributed by atoms with E-state index in [1.165, 1.54) is 24.4 Å². The van der Waals surface area contributed by atoms with E-state index >= 15 is 0 Å². The summed E-state index contributed by atoms with van der Waals surface area (Å²) < 4.78 is 49.7. The van der Waals surface area contributed by atoms with Gasteiger partial charge in [0.05, 0.1) is 5.69 Å². The minimum Gasteiger partial charge on any atom is -0.321 e. The zero-order valence-corrected chi connectivity index (χ0v) is 9.91. The van der Waals surface area contributed by atoms with Gasteiger partial charge in [-0.15, -0.1) is 0 Å². The standard InChI is InChI=1S/C12H9F4N3O/c13-10(14)12(15,16)11(20)18-8-3-1-2-7(6-8)9-4-5-17-19-9/h1-6,10H,(H,17,19)(H,18,20). The van der Waals surface area contributed by atoms with Crippen molar-refractivity contribution in [3.05, 3.63) is 36.5 Å². The number of alkyl halides is 4. The smallest absolute Gasteiger partial charge is 0.321 e. The van der Waals surface area contributed by atoms with Crippen LogP contribution in [0.15, 0.2) is 36.5 Å². The Labute approximate surface area is 110 Å². The summed E-state index contributed by atoms with van der Waals surface area (Å²) in [6.07, 6.45) is -2.57. The van der Waals surface area contributed by atoms with E-state index < -0.39 is 18.3 Å². The van der Waals surface area contributed by atoms with Crippen molar-refractivity contribution < 1.29 is 22.4 Å². The van der Waals surface area contributed by atoms with E-state index in [2.05, 4.69) is 10.2 Å². The zero-order valence-electron chi connectivity index (χ0n) is 9.91. The number of nitrogens with zero attached hydrogens (tertiary/aromatic N) is 1. The molecule has 2 aromatic rings. The van der Waals surface area contributed by atoms with Gasteiger partial charge < -0.3 is 5.32 Å². The van der Waals surface area contributed by atoms with Crippen LogP contribution in [0.4, 0.5) is 23.2 Å². The molecule has 0 saturated heterocycles. The summed E-state index contributed by atoms with van der Waals surface area (Å²) in [5, 5.41) is 8.13. The molecule has 1 aromatic carbocycles. The van der Waals surface area contributed by atoms with Crippen molar-refractivity contribution >= 4 is 11.6 Å². The van der Waals surface area contributed by atoms with Crippen molar-refractivity contribution in [2.75, 3.05) is 5.32 Å². The van der Waals surface area contributed by atoms with Crippen molar-refractivity contribution in [2.45, 2.75) is 12.3 Å². The first-order valence-electron chi connectivity index (χ1n) is 5.48. The van der Waals surface area contributed by atoms with Crippen LogP contribution in [-0.4, -0.2) is 28.5 Å². The molecule has 0 unspecified atom stereocenters. The third kappa shape index (κ3) is 2.79. The summed E-state index contributed by atoms with van der Waals surface area (Å²) in [5.41, 5.74) is 1.16. The fourth-order valence-electron chi connectivity index (χ4n) is 1.49. The lowest BCUT2D eigenvalue weighted by molar-refractivity contribution is -0.163. The SMILES string of the molecule is O=C(Nc1cccc(-c2ccn[nH]2)c1)C(F)(F)C(F)F. The van der Waals surface area contributed by atoms with Crippen LogP contribution in [0.2, 0.25) is 0 Å². The van der Waals surface area contributed by atoms with E-state index in [1.54, 1.807) is 17.4 Å². The normalized spacial score (nSPS) is 11.7. The van der Waals surface area contributed by atoms with E-state index in [9.17, 15) is 22.4 Å². The Hall–Kier alpha value is -2.38. The van der Waals surface area contributed by atoms with Crippen LogP contribution in [0.1, 0.15) is 0 Å². The van der Waals surface area contributed by atoms with Gasteiger partial charge in [-0.1, -0.05) is 12.1 Å². The molecule has 8 heteroatoms. The molecule has 0 bridgehead atoms. The topological polar surface area (TPSA) is 57.8 Å². The van der Waals surface area contributed by atoms with Crippen molar-refractivity contribution in [1.82, 2.24) is 10.2 Å². The molecule has 0 atom stereocenters. The summed E-state index contributed by atoms with van der Waals surface area (Å²) in [6, 6.07) is 7.46. The van der Waals surface area contributed by atoms with Crippen molar-refractivity contribution in [2.24, 2.45) is 0 Å². The molecule has 0 saturated carbocycles. The molecule has 0 spiro atoms. The second-order valence-corrected chi connectivity index (χ2v) is 3.93. The third-order valence-electron chi connectivity index (χ3n) is 2.51.